The van der Waals surface area contributed by atoms with Gasteiger partial charge in [-0.3, -0.25) is 4.79 Å². The van der Waals surface area contributed by atoms with Crippen molar-refractivity contribution in [1.82, 2.24) is 4.57 Å². The molecule has 3 aromatic rings. The lowest BCUT2D eigenvalue weighted by molar-refractivity contribution is -0.119. The van der Waals surface area contributed by atoms with Crippen LogP contribution < -0.4 is 5.32 Å². The van der Waals surface area contributed by atoms with E-state index < -0.39 is 5.97 Å². The smallest absolute Gasteiger partial charge is 0.340 e. The number of benzene rings is 2. The first-order valence-electron chi connectivity index (χ1n) is 10.2. The van der Waals surface area contributed by atoms with Crippen LogP contribution in [-0.2, 0) is 9.53 Å². The lowest BCUT2D eigenvalue weighted by Gasteiger charge is -2.11. The minimum Gasteiger partial charge on any atom is -0.452 e. The number of nitrogens with one attached hydrogen (secondary N) is 1. The summed E-state index contributed by atoms with van der Waals surface area (Å²) in [5.41, 5.74) is 5.06. The molecule has 0 aliphatic carbocycles. The quantitative estimate of drug-likeness (QED) is 0.536. The molecule has 0 aliphatic rings. The van der Waals surface area contributed by atoms with Crippen molar-refractivity contribution in [2.45, 2.75) is 40.0 Å². The van der Waals surface area contributed by atoms with Crippen LogP contribution in [0, 0.1) is 13.8 Å². The van der Waals surface area contributed by atoms with Crippen molar-refractivity contribution in [3.63, 3.8) is 0 Å². The highest BCUT2D eigenvalue weighted by Gasteiger charge is 2.19. The summed E-state index contributed by atoms with van der Waals surface area (Å²) in [7, 11) is 0. The number of nitrogens with zero attached hydrogens (tertiary/aromatic N) is 1. The van der Waals surface area contributed by atoms with E-state index in [0.717, 1.165) is 23.5 Å². The summed E-state index contributed by atoms with van der Waals surface area (Å²) < 4.78 is 7.26. The predicted molar refractivity (Wildman–Crippen MR) is 119 cm³/mol. The van der Waals surface area contributed by atoms with E-state index in [1.54, 1.807) is 6.07 Å². The third-order valence-corrected chi connectivity index (χ3v) is 5.38. The average molecular weight is 405 g/mol. The van der Waals surface area contributed by atoms with Crippen molar-refractivity contribution in [2.75, 3.05) is 11.9 Å². The fraction of sp³-hybridized carbons (Fsp3) is 0.280. The van der Waals surface area contributed by atoms with Crippen LogP contribution in [0.1, 0.15) is 53.5 Å². The number of aryl methyl sites for hydroxylation is 1. The van der Waals surface area contributed by atoms with Crippen LogP contribution in [0.2, 0.25) is 0 Å². The van der Waals surface area contributed by atoms with Gasteiger partial charge in [-0.2, -0.15) is 0 Å². The first-order chi connectivity index (χ1) is 14.4. The number of esters is 1. The Bertz CT molecular complexity index is 1020. The van der Waals surface area contributed by atoms with E-state index in [1.807, 2.05) is 73.0 Å². The molecule has 1 amide bonds. The summed E-state index contributed by atoms with van der Waals surface area (Å²) in [5, 5.41) is 2.77. The van der Waals surface area contributed by atoms with Crippen molar-refractivity contribution in [1.29, 1.82) is 0 Å². The van der Waals surface area contributed by atoms with Gasteiger partial charge in [0.15, 0.2) is 6.61 Å². The maximum Gasteiger partial charge on any atom is 0.340 e. The second-order valence-corrected chi connectivity index (χ2v) is 7.51. The molecule has 2 aromatic carbocycles. The van der Waals surface area contributed by atoms with E-state index in [4.69, 9.17) is 4.74 Å². The molecule has 30 heavy (non-hydrogen) atoms. The van der Waals surface area contributed by atoms with Crippen LogP contribution in [0.4, 0.5) is 5.69 Å². The van der Waals surface area contributed by atoms with Gasteiger partial charge in [-0.05, 0) is 62.1 Å². The molecule has 3 rings (SSSR count). The summed E-state index contributed by atoms with van der Waals surface area (Å²) in [5.74, 6) is -0.394. The summed E-state index contributed by atoms with van der Waals surface area (Å²) in [6.07, 6.45) is 1.06. The fourth-order valence-electron chi connectivity index (χ4n) is 3.48. The van der Waals surface area contributed by atoms with Crippen LogP contribution in [0.5, 0.6) is 0 Å². The molecule has 0 spiro atoms. The van der Waals surface area contributed by atoms with Crippen molar-refractivity contribution in [3.05, 3.63) is 83.2 Å². The Hall–Kier alpha value is -3.34. The number of hydrogen-bond acceptors (Lipinski definition) is 3. The largest absolute Gasteiger partial charge is 0.452 e. The molecule has 0 saturated carbocycles. The molecule has 0 aliphatic heterocycles. The first kappa shape index (κ1) is 21.4. The average Bonchev–Trinajstić information content (AvgIpc) is 3.06. The van der Waals surface area contributed by atoms with Gasteiger partial charge in [0.05, 0.1) is 5.56 Å². The highest BCUT2D eigenvalue weighted by Crippen LogP contribution is 2.22. The zero-order chi connectivity index (χ0) is 21.7. The van der Waals surface area contributed by atoms with E-state index >= 15 is 0 Å². The Morgan fingerprint density at radius 1 is 1.03 bits per heavy atom. The molecule has 1 atom stereocenters. The van der Waals surface area contributed by atoms with Gasteiger partial charge < -0.3 is 14.6 Å². The molecule has 0 saturated heterocycles. The normalized spacial score (nSPS) is 11.7. The van der Waals surface area contributed by atoms with Crippen LogP contribution in [-0.4, -0.2) is 23.1 Å². The molecule has 156 valence electrons. The van der Waals surface area contributed by atoms with Crippen molar-refractivity contribution < 1.29 is 14.3 Å². The Morgan fingerprint density at radius 3 is 2.33 bits per heavy atom. The van der Waals surface area contributed by atoms with Crippen molar-refractivity contribution in [2.24, 2.45) is 0 Å². The van der Waals surface area contributed by atoms with Gasteiger partial charge in [-0.25, -0.2) is 4.79 Å². The van der Waals surface area contributed by atoms with Gasteiger partial charge in [-0.1, -0.05) is 44.2 Å². The summed E-state index contributed by atoms with van der Waals surface area (Å²) in [6, 6.07) is 19.4. The molecule has 0 fully saturated rings. The van der Waals surface area contributed by atoms with Gasteiger partial charge >= 0.3 is 5.97 Å². The minimum absolute atomic E-state index is 0.332. The SMILES string of the molecule is CCC(C)c1ccc(NC(=O)COC(=O)c2cc(C)n(-c3ccccc3)c2C)cc1. The van der Waals surface area contributed by atoms with E-state index in [9.17, 15) is 9.59 Å². The standard InChI is InChI=1S/C25H28N2O3/c1-5-17(2)20-11-13-21(14-12-20)26-24(28)16-30-25(29)23-15-18(3)27(19(23)4)22-9-7-6-8-10-22/h6-15,17H,5,16H2,1-4H3,(H,26,28). The molecule has 0 bridgehead atoms. The molecule has 0 radical (unpaired) electrons. The summed E-state index contributed by atoms with van der Waals surface area (Å²) in [4.78, 5) is 24.8. The maximum atomic E-state index is 12.6. The molecule has 1 aromatic heterocycles. The van der Waals surface area contributed by atoms with Crippen LogP contribution in [0.25, 0.3) is 5.69 Å². The van der Waals surface area contributed by atoms with Gasteiger partial charge in [0.1, 0.15) is 0 Å². The van der Waals surface area contributed by atoms with Crippen LogP contribution in [0.3, 0.4) is 0 Å². The lowest BCUT2D eigenvalue weighted by Crippen LogP contribution is -2.21. The lowest BCUT2D eigenvalue weighted by atomic mass is 9.99. The molecular weight excluding hydrogens is 376 g/mol. The third-order valence-electron chi connectivity index (χ3n) is 5.38. The second kappa shape index (κ2) is 9.44. The third kappa shape index (κ3) is 4.79. The summed E-state index contributed by atoms with van der Waals surface area (Å²) in [6.45, 7) is 7.79. The number of carbonyl (C=O) groups is 2. The minimum atomic E-state index is -0.507. The van der Waals surface area contributed by atoms with E-state index in [2.05, 4.69) is 19.2 Å². The highest BCUT2D eigenvalue weighted by atomic mass is 16.5. The Balaban J connectivity index is 1.61. The topological polar surface area (TPSA) is 60.3 Å². The highest BCUT2D eigenvalue weighted by molar-refractivity contribution is 5.96. The number of ether oxygens (including phenoxy) is 1. The number of amides is 1. The second-order valence-electron chi connectivity index (χ2n) is 7.51. The Kier molecular flexibility index (Phi) is 6.72. The first-order valence-corrected chi connectivity index (χ1v) is 10.2. The molecule has 1 heterocycles. The number of hydrogen-bond donors (Lipinski definition) is 1. The molecular formula is C25H28N2O3. The van der Waals surface area contributed by atoms with E-state index in [1.165, 1.54) is 5.56 Å². The number of carbonyl (C=O) groups excluding carboxylic acids is 2. The number of rotatable bonds is 7. The number of anilines is 1. The fourth-order valence-corrected chi connectivity index (χ4v) is 3.48. The molecule has 1 N–H and O–H groups in total. The zero-order valence-corrected chi connectivity index (χ0v) is 17.9. The van der Waals surface area contributed by atoms with Crippen LogP contribution >= 0.6 is 0 Å². The number of aromatic nitrogens is 1. The zero-order valence-electron chi connectivity index (χ0n) is 17.9. The van der Waals surface area contributed by atoms with Crippen molar-refractivity contribution in [3.8, 4) is 5.69 Å². The Labute approximate surface area is 177 Å². The predicted octanol–water partition coefficient (Wildman–Crippen LogP) is 5.40. The maximum absolute atomic E-state index is 12.6. The number of para-hydroxylation sites is 1. The van der Waals surface area contributed by atoms with Gasteiger partial charge in [0.2, 0.25) is 0 Å². The van der Waals surface area contributed by atoms with Gasteiger partial charge in [0, 0.05) is 22.8 Å². The molecule has 5 nitrogen and oxygen atoms in total. The molecule has 1 unspecified atom stereocenters. The van der Waals surface area contributed by atoms with Crippen molar-refractivity contribution >= 4 is 17.6 Å². The molecule has 5 heteroatoms. The Morgan fingerprint density at radius 2 is 1.70 bits per heavy atom. The summed E-state index contributed by atoms with van der Waals surface area (Å²) >= 11 is 0. The monoisotopic (exact) mass is 404 g/mol. The van der Waals surface area contributed by atoms with E-state index in [0.29, 0.717) is 17.2 Å². The van der Waals surface area contributed by atoms with Crippen LogP contribution in [0.15, 0.2) is 60.7 Å². The van der Waals surface area contributed by atoms with E-state index in [-0.39, 0.29) is 12.5 Å². The van der Waals surface area contributed by atoms with Gasteiger partial charge in [-0.15, -0.1) is 0 Å². The van der Waals surface area contributed by atoms with Gasteiger partial charge in [0.25, 0.3) is 5.91 Å².